The lowest BCUT2D eigenvalue weighted by atomic mass is 10.2. The lowest BCUT2D eigenvalue weighted by Crippen LogP contribution is -2.24. The number of benzene rings is 1. The highest BCUT2D eigenvalue weighted by Crippen LogP contribution is 2.14. The molecule has 2 rings (SSSR count). The molecule has 1 N–H and O–H groups in total. The highest BCUT2D eigenvalue weighted by atomic mass is 35.5. The second-order valence-corrected chi connectivity index (χ2v) is 5.47. The van der Waals surface area contributed by atoms with Crippen LogP contribution in [0, 0.1) is 0 Å². The van der Waals surface area contributed by atoms with Gasteiger partial charge in [-0.05, 0) is 24.6 Å². The van der Waals surface area contributed by atoms with Crippen molar-refractivity contribution in [2.45, 2.75) is 25.2 Å². The predicted molar refractivity (Wildman–Crippen MR) is 79.7 cm³/mol. The molecule has 5 nitrogen and oxygen atoms in total. The molecule has 1 aromatic carbocycles. The van der Waals surface area contributed by atoms with Crippen molar-refractivity contribution < 1.29 is 4.79 Å². The summed E-state index contributed by atoms with van der Waals surface area (Å²) in [6.07, 6.45) is 1.66. The van der Waals surface area contributed by atoms with Gasteiger partial charge in [0.2, 0.25) is 5.91 Å². The van der Waals surface area contributed by atoms with Crippen molar-refractivity contribution in [3.05, 3.63) is 41.2 Å². The molecule has 0 aliphatic heterocycles. The first-order valence-electron chi connectivity index (χ1n) is 6.20. The number of nitrogens with one attached hydrogen (secondary N) is 1. The van der Waals surface area contributed by atoms with Gasteiger partial charge < -0.3 is 9.88 Å². The van der Waals surface area contributed by atoms with Crippen LogP contribution in [0.15, 0.2) is 35.7 Å². The van der Waals surface area contributed by atoms with E-state index in [1.807, 2.05) is 35.8 Å². The Hall–Kier alpha value is -1.53. The number of nitrogens with zero attached hydrogens (tertiary/aromatic N) is 3. The molecule has 1 amide bonds. The molecule has 2 aromatic rings. The minimum absolute atomic E-state index is 0.0318. The van der Waals surface area contributed by atoms with Crippen LogP contribution in [0.5, 0.6) is 0 Å². The summed E-state index contributed by atoms with van der Waals surface area (Å²) < 4.78 is 1.90. The molecule has 106 valence electrons. The molecule has 0 bridgehead atoms. The molecule has 0 fully saturated rings. The van der Waals surface area contributed by atoms with Gasteiger partial charge in [0, 0.05) is 18.1 Å². The van der Waals surface area contributed by atoms with Crippen molar-refractivity contribution in [1.29, 1.82) is 0 Å². The summed E-state index contributed by atoms with van der Waals surface area (Å²) in [6.45, 7) is 3.30. The second kappa shape index (κ2) is 7.31. The summed E-state index contributed by atoms with van der Waals surface area (Å²) in [5.74, 6) is 0.294. The third-order valence-electron chi connectivity index (χ3n) is 2.66. The fourth-order valence-corrected chi connectivity index (χ4v) is 2.49. The number of hydrogen-bond acceptors (Lipinski definition) is 4. The number of aryl methyl sites for hydroxylation is 1. The molecule has 0 aliphatic rings. The largest absolute Gasteiger partial charge is 0.351 e. The molecule has 0 radical (unpaired) electrons. The molecular formula is C13H15ClN4OS. The van der Waals surface area contributed by atoms with Crippen molar-refractivity contribution in [2.24, 2.45) is 0 Å². The van der Waals surface area contributed by atoms with Gasteiger partial charge in [-0.25, -0.2) is 0 Å². The molecule has 0 aliphatic carbocycles. The number of rotatable bonds is 6. The second-order valence-electron chi connectivity index (χ2n) is 4.09. The Morgan fingerprint density at radius 2 is 2.15 bits per heavy atom. The average Bonchev–Trinajstić information content (AvgIpc) is 2.92. The van der Waals surface area contributed by atoms with E-state index in [0.29, 0.717) is 17.3 Å². The third kappa shape index (κ3) is 4.25. The minimum Gasteiger partial charge on any atom is -0.351 e. The SMILES string of the molecule is CCn1cnnc1SCC(=O)NCc1ccc(Cl)cc1. The van der Waals surface area contributed by atoms with Crippen LogP contribution in [0.1, 0.15) is 12.5 Å². The first-order chi connectivity index (χ1) is 9.69. The first-order valence-corrected chi connectivity index (χ1v) is 7.57. The molecule has 1 heterocycles. The standard InChI is InChI=1S/C13H15ClN4OS/c1-2-18-9-16-17-13(18)20-8-12(19)15-7-10-3-5-11(14)6-4-10/h3-6,9H,2,7-8H2,1H3,(H,15,19). The Balaban J connectivity index is 1.77. The lowest BCUT2D eigenvalue weighted by molar-refractivity contribution is -0.118. The highest BCUT2D eigenvalue weighted by Gasteiger charge is 2.07. The van der Waals surface area contributed by atoms with Crippen LogP contribution in [0.2, 0.25) is 5.02 Å². The number of halogens is 1. The van der Waals surface area contributed by atoms with E-state index in [1.54, 1.807) is 6.33 Å². The quantitative estimate of drug-likeness (QED) is 0.832. The van der Waals surface area contributed by atoms with Crippen LogP contribution in [0.25, 0.3) is 0 Å². The van der Waals surface area contributed by atoms with Gasteiger partial charge in [-0.2, -0.15) is 0 Å². The summed E-state index contributed by atoms with van der Waals surface area (Å²) in [7, 11) is 0. The van der Waals surface area contributed by atoms with Crippen molar-refractivity contribution in [1.82, 2.24) is 20.1 Å². The van der Waals surface area contributed by atoms with Gasteiger partial charge in [0.05, 0.1) is 5.75 Å². The van der Waals surface area contributed by atoms with Crippen LogP contribution in [-0.4, -0.2) is 26.4 Å². The Labute approximate surface area is 126 Å². The van der Waals surface area contributed by atoms with E-state index in [-0.39, 0.29) is 5.91 Å². The Kier molecular flexibility index (Phi) is 5.43. The fourth-order valence-electron chi connectivity index (χ4n) is 1.56. The molecule has 1 aromatic heterocycles. The van der Waals surface area contributed by atoms with E-state index in [2.05, 4.69) is 15.5 Å². The van der Waals surface area contributed by atoms with Crippen molar-refractivity contribution in [3.63, 3.8) is 0 Å². The Morgan fingerprint density at radius 1 is 1.40 bits per heavy atom. The van der Waals surface area contributed by atoms with Crippen molar-refractivity contribution >= 4 is 29.3 Å². The predicted octanol–water partition coefficient (Wildman–Crippen LogP) is 2.36. The molecule has 7 heteroatoms. The Bertz CT molecular complexity index is 570. The zero-order chi connectivity index (χ0) is 14.4. The van der Waals surface area contributed by atoms with Crippen LogP contribution < -0.4 is 5.32 Å². The average molecular weight is 311 g/mol. The highest BCUT2D eigenvalue weighted by molar-refractivity contribution is 7.99. The van der Waals surface area contributed by atoms with Gasteiger partial charge in [0.15, 0.2) is 5.16 Å². The van der Waals surface area contributed by atoms with E-state index in [1.165, 1.54) is 11.8 Å². The number of aromatic nitrogens is 3. The number of hydrogen-bond donors (Lipinski definition) is 1. The van der Waals surface area contributed by atoms with Crippen LogP contribution in [0.3, 0.4) is 0 Å². The third-order valence-corrected chi connectivity index (χ3v) is 3.89. The van der Waals surface area contributed by atoms with Crippen molar-refractivity contribution in [3.8, 4) is 0 Å². The lowest BCUT2D eigenvalue weighted by Gasteiger charge is -2.05. The van der Waals surface area contributed by atoms with Gasteiger partial charge in [-0.1, -0.05) is 35.5 Å². The normalized spacial score (nSPS) is 10.5. The number of thioether (sulfide) groups is 1. The van der Waals surface area contributed by atoms with E-state index >= 15 is 0 Å². The van der Waals surface area contributed by atoms with E-state index in [0.717, 1.165) is 17.3 Å². The van der Waals surface area contributed by atoms with Gasteiger partial charge in [-0.3, -0.25) is 4.79 Å². The Morgan fingerprint density at radius 3 is 2.85 bits per heavy atom. The maximum atomic E-state index is 11.8. The van der Waals surface area contributed by atoms with Crippen molar-refractivity contribution in [2.75, 3.05) is 5.75 Å². The number of amides is 1. The molecule has 0 unspecified atom stereocenters. The summed E-state index contributed by atoms with van der Waals surface area (Å²) >= 11 is 7.18. The summed E-state index contributed by atoms with van der Waals surface area (Å²) in [6, 6.07) is 7.40. The summed E-state index contributed by atoms with van der Waals surface area (Å²) in [5.41, 5.74) is 1.02. The van der Waals surface area contributed by atoms with Crippen LogP contribution in [0.4, 0.5) is 0 Å². The van der Waals surface area contributed by atoms with E-state index in [4.69, 9.17) is 11.6 Å². The van der Waals surface area contributed by atoms with Gasteiger partial charge in [0.1, 0.15) is 6.33 Å². The maximum Gasteiger partial charge on any atom is 0.230 e. The monoisotopic (exact) mass is 310 g/mol. The number of carbonyl (C=O) groups excluding carboxylic acids is 1. The van der Waals surface area contributed by atoms with Crippen LogP contribution >= 0.6 is 23.4 Å². The smallest absolute Gasteiger partial charge is 0.230 e. The fraction of sp³-hybridized carbons (Fsp3) is 0.308. The van der Waals surface area contributed by atoms with E-state index in [9.17, 15) is 4.79 Å². The first kappa shape index (κ1) is 14.9. The molecule has 20 heavy (non-hydrogen) atoms. The molecular weight excluding hydrogens is 296 g/mol. The zero-order valence-electron chi connectivity index (χ0n) is 11.0. The molecule has 0 spiro atoms. The molecule has 0 saturated heterocycles. The van der Waals surface area contributed by atoms with Gasteiger partial charge in [-0.15, -0.1) is 10.2 Å². The number of carbonyl (C=O) groups is 1. The topological polar surface area (TPSA) is 59.8 Å². The summed E-state index contributed by atoms with van der Waals surface area (Å²) in [4.78, 5) is 11.8. The molecule has 0 atom stereocenters. The van der Waals surface area contributed by atoms with Crippen LogP contribution in [-0.2, 0) is 17.9 Å². The maximum absolute atomic E-state index is 11.8. The minimum atomic E-state index is -0.0318. The van der Waals surface area contributed by atoms with Gasteiger partial charge in [0.25, 0.3) is 0 Å². The zero-order valence-corrected chi connectivity index (χ0v) is 12.6. The van der Waals surface area contributed by atoms with Gasteiger partial charge >= 0.3 is 0 Å². The summed E-state index contributed by atoms with van der Waals surface area (Å²) in [5, 5.41) is 12.1. The van der Waals surface area contributed by atoms with E-state index < -0.39 is 0 Å². The molecule has 0 saturated carbocycles.